The third kappa shape index (κ3) is 4.18. The Bertz CT molecular complexity index is 423. The van der Waals surface area contributed by atoms with Crippen molar-refractivity contribution in [1.82, 2.24) is 10.2 Å². The first-order valence-electron chi connectivity index (χ1n) is 7.09. The lowest BCUT2D eigenvalue weighted by atomic mass is 10.0. The molecular formula is C13H24N2O3S. The van der Waals surface area contributed by atoms with Gasteiger partial charge >= 0.3 is 0 Å². The van der Waals surface area contributed by atoms with Crippen LogP contribution in [0.25, 0.3) is 0 Å². The van der Waals surface area contributed by atoms with Crippen LogP contribution in [0.1, 0.15) is 32.6 Å². The molecule has 110 valence electrons. The smallest absolute Gasteiger partial charge is 0.240 e. The van der Waals surface area contributed by atoms with E-state index in [4.69, 9.17) is 0 Å². The fourth-order valence-electron chi connectivity index (χ4n) is 2.40. The lowest BCUT2D eigenvalue weighted by Crippen LogP contribution is -2.49. The van der Waals surface area contributed by atoms with Crippen molar-refractivity contribution in [2.24, 2.45) is 5.92 Å². The van der Waals surface area contributed by atoms with Crippen molar-refractivity contribution >= 4 is 15.7 Å². The van der Waals surface area contributed by atoms with Gasteiger partial charge in [0.1, 0.15) is 5.25 Å². The summed E-state index contributed by atoms with van der Waals surface area (Å²) in [6, 6.07) is 0.484. The van der Waals surface area contributed by atoms with Gasteiger partial charge in [-0.05, 0) is 45.1 Å². The van der Waals surface area contributed by atoms with E-state index < -0.39 is 15.1 Å². The standard InChI is InChI=1S/C13H24N2O3S/c1-10(19(2,17)18)13(16)15-7-5-12(6-8-15)14-9-11-3-4-11/h10-12,14H,3-9H2,1-2H3. The van der Waals surface area contributed by atoms with Crippen LogP contribution >= 0.6 is 0 Å². The molecule has 2 rings (SSSR count). The van der Waals surface area contributed by atoms with Gasteiger partial charge in [0.2, 0.25) is 5.91 Å². The summed E-state index contributed by atoms with van der Waals surface area (Å²) in [6.07, 6.45) is 5.66. The largest absolute Gasteiger partial charge is 0.341 e. The number of carbonyl (C=O) groups is 1. The molecule has 2 aliphatic rings. The summed E-state index contributed by atoms with van der Waals surface area (Å²) >= 11 is 0. The maximum absolute atomic E-state index is 12.1. The predicted molar refractivity (Wildman–Crippen MR) is 74.6 cm³/mol. The number of likely N-dealkylation sites (tertiary alicyclic amines) is 1. The molecule has 6 heteroatoms. The van der Waals surface area contributed by atoms with E-state index in [1.165, 1.54) is 19.8 Å². The Morgan fingerprint density at radius 3 is 2.32 bits per heavy atom. The van der Waals surface area contributed by atoms with E-state index in [9.17, 15) is 13.2 Å². The summed E-state index contributed by atoms with van der Waals surface area (Å²) < 4.78 is 22.8. The Morgan fingerprint density at radius 2 is 1.84 bits per heavy atom. The molecule has 1 aliphatic carbocycles. The summed E-state index contributed by atoms with van der Waals surface area (Å²) in [5.74, 6) is 0.619. The molecule has 1 saturated carbocycles. The van der Waals surface area contributed by atoms with E-state index in [1.54, 1.807) is 4.90 Å². The first-order chi connectivity index (χ1) is 8.88. The van der Waals surface area contributed by atoms with Gasteiger partial charge in [0.25, 0.3) is 0 Å². The normalized spacial score (nSPS) is 23.4. The van der Waals surface area contributed by atoms with Gasteiger partial charge in [-0.25, -0.2) is 8.42 Å². The number of piperidine rings is 1. The molecule has 19 heavy (non-hydrogen) atoms. The Balaban J connectivity index is 1.77. The number of rotatable bonds is 5. The van der Waals surface area contributed by atoms with Crippen LogP contribution in [0.5, 0.6) is 0 Å². The topological polar surface area (TPSA) is 66.5 Å². The number of nitrogens with one attached hydrogen (secondary N) is 1. The summed E-state index contributed by atoms with van der Waals surface area (Å²) in [5, 5.41) is 2.63. The van der Waals surface area contributed by atoms with Crippen LogP contribution in [-0.4, -0.2) is 56.4 Å². The second-order valence-electron chi connectivity index (χ2n) is 5.92. The van der Waals surface area contributed by atoms with Crippen LogP contribution in [0.15, 0.2) is 0 Å². The molecule has 1 saturated heterocycles. The van der Waals surface area contributed by atoms with Crippen LogP contribution in [0.3, 0.4) is 0 Å². The molecule has 1 heterocycles. The second-order valence-corrected chi connectivity index (χ2v) is 8.29. The molecular weight excluding hydrogens is 264 g/mol. The van der Waals surface area contributed by atoms with Crippen LogP contribution in [0.4, 0.5) is 0 Å². The molecule has 1 amide bonds. The van der Waals surface area contributed by atoms with E-state index in [0.29, 0.717) is 19.1 Å². The van der Waals surface area contributed by atoms with Crippen LogP contribution in [0.2, 0.25) is 0 Å². The highest BCUT2D eigenvalue weighted by Crippen LogP contribution is 2.28. The highest BCUT2D eigenvalue weighted by molar-refractivity contribution is 7.92. The average molecular weight is 288 g/mol. The molecule has 0 aromatic carbocycles. The number of hydrogen-bond acceptors (Lipinski definition) is 4. The fourth-order valence-corrected chi connectivity index (χ4v) is 2.91. The van der Waals surface area contributed by atoms with Crippen molar-refractivity contribution in [3.8, 4) is 0 Å². The van der Waals surface area contributed by atoms with E-state index >= 15 is 0 Å². The maximum atomic E-state index is 12.1. The highest BCUT2D eigenvalue weighted by Gasteiger charge is 2.31. The highest BCUT2D eigenvalue weighted by atomic mass is 32.2. The van der Waals surface area contributed by atoms with Crippen LogP contribution in [0, 0.1) is 5.92 Å². The molecule has 1 atom stereocenters. The number of nitrogens with zero attached hydrogens (tertiary/aromatic N) is 1. The second kappa shape index (κ2) is 5.79. The molecule has 0 bridgehead atoms. The molecule has 0 aromatic rings. The summed E-state index contributed by atoms with van der Waals surface area (Å²) in [4.78, 5) is 13.7. The molecule has 2 fully saturated rings. The van der Waals surface area contributed by atoms with E-state index in [1.807, 2.05) is 0 Å². The summed E-state index contributed by atoms with van der Waals surface area (Å²) in [7, 11) is -3.28. The SMILES string of the molecule is CC(C(=O)N1CCC(NCC2CC2)CC1)S(C)(=O)=O. The Kier molecular flexibility index (Phi) is 4.50. The minimum atomic E-state index is -3.28. The van der Waals surface area contributed by atoms with Crippen molar-refractivity contribution < 1.29 is 13.2 Å². The van der Waals surface area contributed by atoms with E-state index in [0.717, 1.165) is 31.6 Å². The lowest BCUT2D eigenvalue weighted by molar-refractivity contribution is -0.131. The van der Waals surface area contributed by atoms with Crippen LogP contribution < -0.4 is 5.32 Å². The van der Waals surface area contributed by atoms with E-state index in [2.05, 4.69) is 5.32 Å². The quantitative estimate of drug-likeness (QED) is 0.796. The molecule has 0 aromatic heterocycles. The van der Waals surface area contributed by atoms with Crippen molar-refractivity contribution in [3.05, 3.63) is 0 Å². The monoisotopic (exact) mass is 288 g/mol. The predicted octanol–water partition coefficient (Wildman–Crippen LogP) is 0.410. The van der Waals surface area contributed by atoms with Gasteiger partial charge < -0.3 is 10.2 Å². The number of carbonyl (C=O) groups excluding carboxylic acids is 1. The summed E-state index contributed by atoms with van der Waals surface area (Å²) in [5.41, 5.74) is 0. The Morgan fingerprint density at radius 1 is 1.26 bits per heavy atom. The zero-order valence-electron chi connectivity index (χ0n) is 11.8. The van der Waals surface area contributed by atoms with Gasteiger partial charge in [0.05, 0.1) is 0 Å². The van der Waals surface area contributed by atoms with Gasteiger partial charge in [-0.1, -0.05) is 0 Å². The Labute approximate surface area is 115 Å². The zero-order chi connectivity index (χ0) is 14.0. The van der Waals surface area contributed by atoms with Crippen LogP contribution in [-0.2, 0) is 14.6 Å². The molecule has 5 nitrogen and oxygen atoms in total. The van der Waals surface area contributed by atoms with Crippen molar-refractivity contribution in [3.63, 3.8) is 0 Å². The van der Waals surface area contributed by atoms with Crippen molar-refractivity contribution in [1.29, 1.82) is 0 Å². The van der Waals surface area contributed by atoms with Crippen molar-refractivity contribution in [2.75, 3.05) is 25.9 Å². The first kappa shape index (κ1) is 14.8. The lowest BCUT2D eigenvalue weighted by Gasteiger charge is -2.33. The number of sulfone groups is 1. The third-order valence-corrected chi connectivity index (χ3v) is 5.67. The zero-order valence-corrected chi connectivity index (χ0v) is 12.6. The Hall–Kier alpha value is -0.620. The van der Waals surface area contributed by atoms with Gasteiger partial charge in [0.15, 0.2) is 9.84 Å². The first-order valence-corrected chi connectivity index (χ1v) is 9.04. The molecule has 1 aliphatic heterocycles. The third-order valence-electron chi connectivity index (χ3n) is 4.19. The van der Waals surface area contributed by atoms with E-state index in [-0.39, 0.29) is 5.91 Å². The molecule has 1 N–H and O–H groups in total. The minimum Gasteiger partial charge on any atom is -0.341 e. The van der Waals surface area contributed by atoms with Gasteiger partial charge in [-0.3, -0.25) is 4.79 Å². The van der Waals surface area contributed by atoms with Gasteiger partial charge in [-0.15, -0.1) is 0 Å². The number of hydrogen-bond donors (Lipinski definition) is 1. The average Bonchev–Trinajstić information content (AvgIpc) is 3.18. The summed E-state index contributed by atoms with van der Waals surface area (Å²) in [6.45, 7) is 3.91. The maximum Gasteiger partial charge on any atom is 0.240 e. The van der Waals surface area contributed by atoms with Gasteiger partial charge in [0, 0.05) is 25.4 Å². The molecule has 0 spiro atoms. The molecule has 0 radical (unpaired) electrons. The van der Waals surface area contributed by atoms with Gasteiger partial charge in [-0.2, -0.15) is 0 Å². The minimum absolute atomic E-state index is 0.247. The van der Waals surface area contributed by atoms with Crippen molar-refractivity contribution in [2.45, 2.75) is 43.9 Å². The number of amides is 1. The molecule has 1 unspecified atom stereocenters. The fraction of sp³-hybridized carbons (Fsp3) is 0.923.